The minimum Gasteiger partial charge on any atom is -0.291 e. The van der Waals surface area contributed by atoms with Crippen molar-refractivity contribution in [3.8, 4) is 22.5 Å². The third-order valence-electron chi connectivity index (χ3n) is 7.82. The molecule has 0 atom stereocenters. The minimum absolute atomic E-state index is 0.0516. The SMILES string of the molecule is CCCCc1c(C)n(C(=O)CC2CCCCC2)c(=O)n1Cc1ccc(-c2ccccc2-c2nn[nH]n2)cc1. The van der Waals surface area contributed by atoms with Crippen molar-refractivity contribution in [3.05, 3.63) is 76.0 Å². The van der Waals surface area contributed by atoms with Gasteiger partial charge in [-0.2, -0.15) is 5.21 Å². The van der Waals surface area contributed by atoms with Crippen molar-refractivity contribution in [1.82, 2.24) is 29.8 Å². The number of carbonyl (C=O) groups is 1. The average Bonchev–Trinajstić information content (AvgIpc) is 3.56. The number of nitrogens with one attached hydrogen (secondary N) is 1. The van der Waals surface area contributed by atoms with Crippen molar-refractivity contribution in [2.45, 2.75) is 78.2 Å². The molecule has 0 unspecified atom stereocenters. The molecule has 0 aliphatic heterocycles. The van der Waals surface area contributed by atoms with Crippen LogP contribution >= 0.6 is 0 Å². The molecule has 0 bridgehead atoms. The molecule has 2 aromatic heterocycles. The Kier molecular flexibility index (Phi) is 7.96. The first-order chi connectivity index (χ1) is 18.6. The van der Waals surface area contributed by atoms with E-state index >= 15 is 0 Å². The Morgan fingerprint density at radius 3 is 2.45 bits per heavy atom. The number of hydrogen-bond acceptors (Lipinski definition) is 5. The van der Waals surface area contributed by atoms with Crippen LogP contribution in [0.25, 0.3) is 22.5 Å². The first-order valence-corrected chi connectivity index (χ1v) is 13.8. The molecule has 8 heteroatoms. The Labute approximate surface area is 223 Å². The summed E-state index contributed by atoms with van der Waals surface area (Å²) in [5.41, 5.74) is 5.52. The maximum Gasteiger partial charge on any atom is 0.335 e. The van der Waals surface area contributed by atoms with Crippen molar-refractivity contribution in [2.75, 3.05) is 0 Å². The fourth-order valence-electron chi connectivity index (χ4n) is 5.73. The lowest BCUT2D eigenvalue weighted by Crippen LogP contribution is -2.31. The van der Waals surface area contributed by atoms with Crippen molar-refractivity contribution in [2.24, 2.45) is 5.92 Å². The van der Waals surface area contributed by atoms with Gasteiger partial charge in [0.05, 0.1) is 6.54 Å². The number of unbranched alkanes of at least 4 members (excludes halogenated alkanes) is 1. The lowest BCUT2D eigenvalue weighted by atomic mass is 9.87. The van der Waals surface area contributed by atoms with Gasteiger partial charge in [0.1, 0.15) is 0 Å². The molecule has 0 radical (unpaired) electrons. The van der Waals surface area contributed by atoms with E-state index in [0.29, 0.717) is 24.7 Å². The lowest BCUT2D eigenvalue weighted by molar-refractivity contribution is 0.0861. The van der Waals surface area contributed by atoms with Gasteiger partial charge in [-0.3, -0.25) is 9.36 Å². The summed E-state index contributed by atoms with van der Waals surface area (Å²) in [6, 6.07) is 16.2. The van der Waals surface area contributed by atoms with Crippen molar-refractivity contribution in [1.29, 1.82) is 0 Å². The Balaban J connectivity index is 1.42. The normalized spacial score (nSPS) is 14.2. The Hall–Kier alpha value is -3.81. The van der Waals surface area contributed by atoms with Gasteiger partial charge in [0.15, 0.2) is 0 Å². The van der Waals surface area contributed by atoms with Crippen molar-refractivity contribution in [3.63, 3.8) is 0 Å². The molecule has 0 amide bonds. The molecular formula is C30H36N6O2. The highest BCUT2D eigenvalue weighted by Gasteiger charge is 2.24. The second-order valence-corrected chi connectivity index (χ2v) is 10.4. The molecule has 2 heterocycles. The van der Waals surface area contributed by atoms with Crippen LogP contribution in [0.3, 0.4) is 0 Å². The molecule has 8 nitrogen and oxygen atoms in total. The van der Waals surface area contributed by atoms with Crippen LogP contribution in [-0.4, -0.2) is 35.7 Å². The Morgan fingerprint density at radius 2 is 1.76 bits per heavy atom. The van der Waals surface area contributed by atoms with E-state index < -0.39 is 0 Å². The summed E-state index contributed by atoms with van der Waals surface area (Å²) >= 11 is 0. The van der Waals surface area contributed by atoms with Gasteiger partial charge in [-0.1, -0.05) is 81.1 Å². The van der Waals surface area contributed by atoms with Gasteiger partial charge in [-0.15, -0.1) is 10.2 Å². The second kappa shape index (κ2) is 11.7. The van der Waals surface area contributed by atoms with Gasteiger partial charge >= 0.3 is 5.69 Å². The standard InChI is InChI=1S/C30H36N6O2/c1-3-4-14-27-21(2)36(28(37)19-22-10-6-5-7-11-22)30(38)35(27)20-23-15-17-24(18-16-23)25-12-8-9-13-26(25)29-31-33-34-32-29/h8-9,12-13,15-18,22H,3-7,10-11,14,19-20H2,1-2H3,(H,31,32,33,34). The van der Waals surface area contributed by atoms with E-state index in [0.717, 1.165) is 65.7 Å². The smallest absolute Gasteiger partial charge is 0.291 e. The zero-order chi connectivity index (χ0) is 26.5. The molecule has 1 fully saturated rings. The monoisotopic (exact) mass is 512 g/mol. The van der Waals surface area contributed by atoms with Crippen LogP contribution in [0.5, 0.6) is 0 Å². The number of benzene rings is 2. The van der Waals surface area contributed by atoms with Gasteiger partial charge in [-0.25, -0.2) is 9.36 Å². The van der Waals surface area contributed by atoms with Crippen LogP contribution in [0.4, 0.5) is 0 Å². The minimum atomic E-state index is -0.207. The van der Waals surface area contributed by atoms with E-state index in [-0.39, 0.29) is 11.6 Å². The molecule has 2 aromatic carbocycles. The Morgan fingerprint density at radius 1 is 1.03 bits per heavy atom. The van der Waals surface area contributed by atoms with E-state index in [1.165, 1.54) is 23.8 Å². The summed E-state index contributed by atoms with van der Waals surface area (Å²) in [5, 5.41) is 14.5. The first kappa shape index (κ1) is 25.8. The van der Waals surface area contributed by atoms with Crippen LogP contribution in [0.2, 0.25) is 0 Å². The summed E-state index contributed by atoms with van der Waals surface area (Å²) in [7, 11) is 0. The van der Waals surface area contributed by atoms with Gasteiger partial charge in [0.25, 0.3) is 0 Å². The Bertz CT molecular complexity index is 1430. The molecule has 1 aliphatic carbocycles. The number of aromatic amines is 1. The maximum absolute atomic E-state index is 13.6. The van der Waals surface area contributed by atoms with Gasteiger partial charge in [0.2, 0.25) is 11.7 Å². The quantitative estimate of drug-likeness (QED) is 0.305. The van der Waals surface area contributed by atoms with Crippen LogP contribution < -0.4 is 5.69 Å². The molecule has 1 saturated carbocycles. The van der Waals surface area contributed by atoms with Crippen LogP contribution in [0, 0.1) is 12.8 Å². The zero-order valence-corrected chi connectivity index (χ0v) is 22.3. The summed E-state index contributed by atoms with van der Waals surface area (Å²) in [6.07, 6.45) is 9.06. The highest BCUT2D eigenvalue weighted by molar-refractivity contribution is 5.81. The number of imidazole rings is 1. The summed E-state index contributed by atoms with van der Waals surface area (Å²) in [5.74, 6) is 0.892. The topological polar surface area (TPSA) is 98.5 Å². The predicted octanol–water partition coefficient (Wildman–Crippen LogP) is 5.81. The number of carbonyl (C=O) groups excluding carboxylic acids is 1. The highest BCUT2D eigenvalue weighted by atomic mass is 16.2. The molecule has 0 saturated heterocycles. The maximum atomic E-state index is 13.6. The number of aromatic nitrogens is 6. The van der Waals surface area contributed by atoms with Crippen molar-refractivity contribution < 1.29 is 4.79 Å². The van der Waals surface area contributed by atoms with Gasteiger partial charge < -0.3 is 0 Å². The van der Waals surface area contributed by atoms with E-state index in [9.17, 15) is 9.59 Å². The molecule has 198 valence electrons. The van der Waals surface area contributed by atoms with E-state index in [1.807, 2.05) is 35.8 Å². The van der Waals surface area contributed by atoms with E-state index in [2.05, 4.69) is 51.8 Å². The molecule has 38 heavy (non-hydrogen) atoms. The number of rotatable bonds is 9. The number of hydrogen-bond donors (Lipinski definition) is 1. The van der Waals surface area contributed by atoms with Crippen LogP contribution in [0.15, 0.2) is 53.3 Å². The largest absolute Gasteiger partial charge is 0.335 e. The summed E-state index contributed by atoms with van der Waals surface area (Å²) in [6.45, 7) is 4.52. The second-order valence-electron chi connectivity index (χ2n) is 10.4. The molecule has 0 spiro atoms. The number of H-pyrrole nitrogens is 1. The first-order valence-electron chi connectivity index (χ1n) is 13.8. The highest BCUT2D eigenvalue weighted by Crippen LogP contribution is 2.30. The molecule has 1 N–H and O–H groups in total. The van der Waals surface area contributed by atoms with Crippen LogP contribution in [-0.2, 0) is 13.0 Å². The van der Waals surface area contributed by atoms with Gasteiger partial charge in [-0.05, 0) is 60.4 Å². The van der Waals surface area contributed by atoms with Gasteiger partial charge in [0, 0.05) is 23.4 Å². The molecule has 4 aromatic rings. The third-order valence-corrected chi connectivity index (χ3v) is 7.82. The fourth-order valence-corrected chi connectivity index (χ4v) is 5.73. The predicted molar refractivity (Wildman–Crippen MR) is 148 cm³/mol. The lowest BCUT2D eigenvalue weighted by Gasteiger charge is -2.20. The number of nitrogens with zero attached hydrogens (tertiary/aromatic N) is 5. The summed E-state index contributed by atoms with van der Waals surface area (Å²) in [4.78, 5) is 26.9. The van der Waals surface area contributed by atoms with Crippen LogP contribution in [0.1, 0.15) is 80.0 Å². The average molecular weight is 513 g/mol. The fraction of sp³-hybridized carbons (Fsp3) is 0.433. The summed E-state index contributed by atoms with van der Waals surface area (Å²) < 4.78 is 3.27. The van der Waals surface area contributed by atoms with E-state index in [4.69, 9.17) is 0 Å². The van der Waals surface area contributed by atoms with E-state index in [1.54, 1.807) is 0 Å². The van der Waals surface area contributed by atoms with Crippen molar-refractivity contribution >= 4 is 5.91 Å². The molecule has 5 rings (SSSR count). The zero-order valence-electron chi connectivity index (χ0n) is 22.3. The third kappa shape index (κ3) is 5.39. The molecule has 1 aliphatic rings. The number of tetrazole rings is 1. The molecular weight excluding hydrogens is 476 g/mol.